The first-order chi connectivity index (χ1) is 20.7. The molecule has 1 amide bonds. The van der Waals surface area contributed by atoms with E-state index < -0.39 is 26.6 Å². The lowest BCUT2D eigenvalue weighted by Crippen LogP contribution is -2.48. The van der Waals surface area contributed by atoms with Crippen molar-refractivity contribution in [1.82, 2.24) is 24.8 Å². The summed E-state index contributed by atoms with van der Waals surface area (Å²) in [5.41, 5.74) is 1.73. The Kier molecular flexibility index (Phi) is 8.73. The van der Waals surface area contributed by atoms with E-state index in [9.17, 15) is 22.0 Å². The molecule has 5 rings (SSSR count). The zero-order chi connectivity index (χ0) is 30.6. The number of aromatic nitrogens is 4. The van der Waals surface area contributed by atoms with E-state index in [1.165, 1.54) is 31.8 Å². The number of carbonyl (C=O) groups excluding carboxylic acids is 1. The Morgan fingerprint density at radius 2 is 1.79 bits per heavy atom. The number of benzene rings is 1. The Morgan fingerprint density at radius 1 is 1.05 bits per heavy atom. The maximum absolute atomic E-state index is 14.3. The summed E-state index contributed by atoms with van der Waals surface area (Å²) in [7, 11) is -1.85. The molecule has 0 atom stereocenters. The van der Waals surface area contributed by atoms with Crippen molar-refractivity contribution in [3.8, 4) is 17.1 Å². The number of hydrogen-bond donors (Lipinski definition) is 1. The minimum atomic E-state index is -4.69. The lowest BCUT2D eigenvalue weighted by molar-refractivity contribution is -0.126. The highest BCUT2D eigenvalue weighted by molar-refractivity contribution is 7.92. The van der Waals surface area contributed by atoms with Gasteiger partial charge in [0.15, 0.2) is 10.7 Å². The van der Waals surface area contributed by atoms with E-state index in [1.54, 1.807) is 30.2 Å². The average Bonchev–Trinajstić information content (AvgIpc) is 3.00. The molecular formula is C28H27F2N7O5S. The summed E-state index contributed by atoms with van der Waals surface area (Å²) in [6.45, 7) is 2.36. The largest absolute Gasteiger partial charge is 0.480 e. The van der Waals surface area contributed by atoms with Gasteiger partial charge in [0.05, 0.1) is 24.9 Å². The van der Waals surface area contributed by atoms with Crippen LogP contribution in [0.1, 0.15) is 0 Å². The third-order valence-electron chi connectivity index (χ3n) is 6.65. The van der Waals surface area contributed by atoms with E-state index in [2.05, 4.69) is 19.7 Å². The van der Waals surface area contributed by atoms with Gasteiger partial charge in [0.1, 0.15) is 29.2 Å². The third kappa shape index (κ3) is 6.36. The van der Waals surface area contributed by atoms with Crippen molar-refractivity contribution in [1.29, 1.82) is 0 Å². The quantitative estimate of drug-likeness (QED) is 0.281. The van der Waals surface area contributed by atoms with E-state index in [0.29, 0.717) is 60.9 Å². The normalized spacial score (nSPS) is 14.0. The van der Waals surface area contributed by atoms with Crippen LogP contribution in [0.4, 0.5) is 20.3 Å². The van der Waals surface area contributed by atoms with Gasteiger partial charge in [-0.05, 0) is 30.3 Å². The summed E-state index contributed by atoms with van der Waals surface area (Å²) in [4.78, 5) is 32.8. The monoisotopic (exact) mass is 611 g/mol. The second-order valence-electron chi connectivity index (χ2n) is 9.37. The van der Waals surface area contributed by atoms with Crippen LogP contribution in [0.3, 0.4) is 0 Å². The van der Waals surface area contributed by atoms with Crippen LogP contribution in [0.5, 0.6) is 5.88 Å². The van der Waals surface area contributed by atoms with Crippen LogP contribution in [0.2, 0.25) is 0 Å². The molecule has 0 bridgehead atoms. The molecular weight excluding hydrogens is 584 g/mol. The minimum Gasteiger partial charge on any atom is -0.480 e. The highest BCUT2D eigenvalue weighted by Crippen LogP contribution is 2.32. The molecule has 0 unspecified atom stereocenters. The van der Waals surface area contributed by atoms with E-state index >= 15 is 0 Å². The highest BCUT2D eigenvalue weighted by Gasteiger charge is 2.26. The van der Waals surface area contributed by atoms with Crippen LogP contribution >= 0.6 is 0 Å². The molecule has 12 nitrogen and oxygen atoms in total. The summed E-state index contributed by atoms with van der Waals surface area (Å²) in [5.74, 6) is -2.12. The zero-order valence-corrected chi connectivity index (χ0v) is 24.0. The number of halogens is 2. The summed E-state index contributed by atoms with van der Waals surface area (Å²) >= 11 is 0. The number of nitrogens with one attached hydrogen (secondary N) is 1. The number of carbonyl (C=O) groups is 1. The van der Waals surface area contributed by atoms with Crippen LogP contribution in [-0.2, 0) is 19.6 Å². The van der Waals surface area contributed by atoms with Crippen LogP contribution in [-0.4, -0.2) is 86.2 Å². The summed E-state index contributed by atoms with van der Waals surface area (Å²) < 4.78 is 66.8. The van der Waals surface area contributed by atoms with E-state index in [4.69, 9.17) is 14.5 Å². The Bertz CT molecular complexity index is 1780. The zero-order valence-electron chi connectivity index (χ0n) is 23.2. The second kappa shape index (κ2) is 12.6. The molecule has 43 heavy (non-hydrogen) atoms. The van der Waals surface area contributed by atoms with Gasteiger partial charge in [-0.1, -0.05) is 12.1 Å². The number of anilines is 2. The highest BCUT2D eigenvalue weighted by atomic mass is 32.2. The molecule has 4 heterocycles. The fourth-order valence-electron chi connectivity index (χ4n) is 4.57. The van der Waals surface area contributed by atoms with Gasteiger partial charge in [0.2, 0.25) is 11.8 Å². The number of rotatable bonds is 9. The molecule has 0 aliphatic carbocycles. The number of amides is 1. The number of piperazine rings is 1. The maximum atomic E-state index is 14.3. The Morgan fingerprint density at radius 3 is 2.49 bits per heavy atom. The van der Waals surface area contributed by atoms with Gasteiger partial charge >= 0.3 is 0 Å². The molecule has 3 aromatic heterocycles. The summed E-state index contributed by atoms with van der Waals surface area (Å²) in [6, 6.07) is 7.59. The van der Waals surface area contributed by atoms with Crippen molar-refractivity contribution in [2.24, 2.45) is 0 Å². The predicted molar refractivity (Wildman–Crippen MR) is 154 cm³/mol. The molecule has 0 radical (unpaired) electrons. The Labute approximate surface area is 246 Å². The van der Waals surface area contributed by atoms with Crippen molar-refractivity contribution in [3.05, 3.63) is 72.7 Å². The van der Waals surface area contributed by atoms with Gasteiger partial charge in [-0.15, -0.1) is 0 Å². The van der Waals surface area contributed by atoms with Gasteiger partial charge in [0, 0.05) is 51.1 Å². The van der Waals surface area contributed by atoms with Crippen LogP contribution < -0.4 is 14.4 Å². The molecule has 1 fully saturated rings. The first-order valence-electron chi connectivity index (χ1n) is 13.0. The molecule has 224 valence electrons. The average molecular weight is 612 g/mol. The standard InChI is InChI=1S/C28H27F2N7O5S/c1-41-14-4-7-24(38)36-10-12-37(13-11-36)27-25-22(32-17-33-27)9-8-21(34-25)18-15-23(28(42-2)31-16-18)35-43(39,40)26-19(29)5-3-6-20(26)30/h3-9,15-17,35H,10-14H2,1-2H3/b7-4+. The van der Waals surface area contributed by atoms with E-state index in [0.717, 1.165) is 18.2 Å². The molecule has 15 heteroatoms. The fourth-order valence-corrected chi connectivity index (χ4v) is 5.76. The van der Waals surface area contributed by atoms with E-state index in [-0.39, 0.29) is 17.5 Å². The number of methoxy groups -OCH3 is 2. The summed E-state index contributed by atoms with van der Waals surface area (Å²) in [5, 5.41) is 0. The smallest absolute Gasteiger partial charge is 0.267 e. The van der Waals surface area contributed by atoms with Crippen molar-refractivity contribution in [2.45, 2.75) is 4.90 Å². The molecule has 1 aliphatic heterocycles. The van der Waals surface area contributed by atoms with Gasteiger partial charge in [-0.2, -0.15) is 0 Å². The van der Waals surface area contributed by atoms with Gasteiger partial charge in [-0.25, -0.2) is 37.1 Å². The van der Waals surface area contributed by atoms with Crippen LogP contribution in [0.15, 0.2) is 66.0 Å². The van der Waals surface area contributed by atoms with E-state index in [1.807, 2.05) is 4.90 Å². The molecule has 1 N–H and O–H groups in total. The number of nitrogens with zero attached hydrogens (tertiary/aromatic N) is 6. The first kappa shape index (κ1) is 29.7. The van der Waals surface area contributed by atoms with Crippen LogP contribution in [0.25, 0.3) is 22.3 Å². The Hall–Kier alpha value is -4.76. The maximum Gasteiger partial charge on any atom is 0.267 e. The molecule has 0 spiro atoms. The minimum absolute atomic E-state index is 0.0965. The van der Waals surface area contributed by atoms with Crippen molar-refractivity contribution < 1.29 is 31.5 Å². The fraction of sp³-hybridized carbons (Fsp3) is 0.250. The van der Waals surface area contributed by atoms with Crippen molar-refractivity contribution in [3.63, 3.8) is 0 Å². The number of sulfonamides is 1. The van der Waals surface area contributed by atoms with Gasteiger partial charge in [0.25, 0.3) is 10.0 Å². The first-order valence-corrected chi connectivity index (χ1v) is 14.5. The topological polar surface area (TPSA) is 140 Å². The van der Waals surface area contributed by atoms with Gasteiger partial charge < -0.3 is 19.3 Å². The van der Waals surface area contributed by atoms with Crippen LogP contribution in [0, 0.1) is 11.6 Å². The molecule has 4 aromatic rings. The van der Waals surface area contributed by atoms with Crippen molar-refractivity contribution in [2.75, 3.05) is 56.6 Å². The number of pyridine rings is 2. The number of ether oxygens (including phenoxy) is 2. The molecule has 1 saturated heterocycles. The summed E-state index contributed by atoms with van der Waals surface area (Å²) in [6.07, 6.45) is 6.03. The lowest BCUT2D eigenvalue weighted by Gasteiger charge is -2.35. The lowest BCUT2D eigenvalue weighted by atomic mass is 10.1. The SMILES string of the molecule is COC/C=C/C(=O)N1CCN(c2ncnc3ccc(-c4cnc(OC)c(NS(=O)(=O)c5c(F)cccc5F)c4)nc23)CC1. The predicted octanol–water partition coefficient (Wildman–Crippen LogP) is 3.03. The van der Waals surface area contributed by atoms with Gasteiger partial charge in [-0.3, -0.25) is 9.52 Å². The third-order valence-corrected chi connectivity index (χ3v) is 8.07. The molecule has 0 saturated carbocycles. The van der Waals surface area contributed by atoms with Crippen molar-refractivity contribution >= 4 is 38.5 Å². The molecule has 1 aromatic carbocycles. The second-order valence-corrected chi connectivity index (χ2v) is 11.0. The number of fused-ring (bicyclic) bond motifs is 1. The molecule has 1 aliphatic rings. The Balaban J connectivity index is 1.43. The number of hydrogen-bond acceptors (Lipinski definition) is 10.